The molecule has 0 fully saturated rings. The highest BCUT2D eigenvalue weighted by molar-refractivity contribution is 5.77. The quantitative estimate of drug-likeness (QED) is 0.429. The van der Waals surface area contributed by atoms with Gasteiger partial charge in [0.15, 0.2) is 0 Å². The third-order valence-corrected chi connectivity index (χ3v) is 4.12. The SMILES string of the molecule is Fc1cc2cc3ccc(cc4nc(cc5nc(cc1[nH]2)C=C5)C=C4)[nH]3. The monoisotopic (exact) mass is 328 g/mol. The highest BCUT2D eigenvalue weighted by Gasteiger charge is 2.04. The second-order valence-corrected chi connectivity index (χ2v) is 6.02. The van der Waals surface area contributed by atoms with Crippen LogP contribution in [-0.4, -0.2) is 19.9 Å². The average Bonchev–Trinajstić information content (AvgIpc) is 3.33. The van der Waals surface area contributed by atoms with Gasteiger partial charge in [-0.05, 0) is 66.8 Å². The van der Waals surface area contributed by atoms with Gasteiger partial charge in [-0.1, -0.05) is 0 Å². The van der Waals surface area contributed by atoms with Crippen LogP contribution in [0.1, 0.15) is 22.8 Å². The molecule has 5 heterocycles. The minimum atomic E-state index is -0.302. The van der Waals surface area contributed by atoms with E-state index in [9.17, 15) is 4.39 Å². The molecule has 0 aliphatic carbocycles. The topological polar surface area (TPSA) is 57.4 Å². The van der Waals surface area contributed by atoms with Gasteiger partial charge in [-0.2, -0.15) is 0 Å². The first-order chi connectivity index (χ1) is 12.2. The van der Waals surface area contributed by atoms with E-state index in [0.717, 1.165) is 28.1 Å². The van der Waals surface area contributed by atoms with Crippen molar-refractivity contribution >= 4 is 46.4 Å². The van der Waals surface area contributed by atoms with Gasteiger partial charge in [0, 0.05) is 16.6 Å². The standard InChI is InChI=1S/C20H13FN4/c21-19-10-18-9-16-4-3-14(23-16)7-12-1-2-13(22-12)8-15-5-6-17(24-15)11-20(19)25-18/h1-11,23,25H. The molecule has 120 valence electrons. The highest BCUT2D eigenvalue weighted by Crippen LogP contribution is 2.18. The lowest BCUT2D eigenvalue weighted by molar-refractivity contribution is 0.641. The van der Waals surface area contributed by atoms with Crippen LogP contribution < -0.4 is 0 Å². The Hall–Kier alpha value is -3.47. The first kappa shape index (κ1) is 13.9. The van der Waals surface area contributed by atoms with Crippen molar-refractivity contribution in [3.63, 3.8) is 0 Å². The van der Waals surface area contributed by atoms with Crippen LogP contribution in [0, 0.1) is 5.82 Å². The molecule has 25 heavy (non-hydrogen) atoms. The molecule has 5 heteroatoms. The fraction of sp³-hybridized carbons (Fsp3) is 0. The summed E-state index contributed by atoms with van der Waals surface area (Å²) in [6.07, 6.45) is 7.68. The molecule has 3 aromatic rings. The van der Waals surface area contributed by atoms with Gasteiger partial charge in [0.1, 0.15) is 5.82 Å². The highest BCUT2D eigenvalue weighted by atomic mass is 19.1. The molecule has 2 aliphatic rings. The predicted molar refractivity (Wildman–Crippen MR) is 98.8 cm³/mol. The number of aromatic amines is 2. The molecule has 0 atom stereocenters. The van der Waals surface area contributed by atoms with Crippen molar-refractivity contribution in [1.29, 1.82) is 0 Å². The lowest BCUT2D eigenvalue weighted by atomic mass is 10.3. The van der Waals surface area contributed by atoms with Gasteiger partial charge in [-0.25, -0.2) is 14.4 Å². The zero-order valence-electron chi connectivity index (χ0n) is 13.1. The van der Waals surface area contributed by atoms with Crippen LogP contribution in [-0.2, 0) is 0 Å². The molecule has 5 rings (SSSR count). The second kappa shape index (κ2) is 5.27. The minimum absolute atomic E-state index is 0.302. The van der Waals surface area contributed by atoms with E-state index in [1.807, 2.05) is 54.6 Å². The molecule has 0 aromatic carbocycles. The fourth-order valence-corrected chi connectivity index (χ4v) is 2.98. The lowest BCUT2D eigenvalue weighted by Crippen LogP contribution is -1.77. The zero-order chi connectivity index (χ0) is 16.8. The molecule has 0 radical (unpaired) electrons. The van der Waals surface area contributed by atoms with E-state index >= 15 is 0 Å². The van der Waals surface area contributed by atoms with Crippen molar-refractivity contribution in [2.45, 2.75) is 0 Å². The summed E-state index contributed by atoms with van der Waals surface area (Å²) in [6, 6.07) is 12.9. The van der Waals surface area contributed by atoms with Crippen LogP contribution in [0.15, 0.2) is 42.5 Å². The van der Waals surface area contributed by atoms with Crippen molar-refractivity contribution in [2.24, 2.45) is 0 Å². The van der Waals surface area contributed by atoms with Gasteiger partial charge in [-0.3, -0.25) is 0 Å². The van der Waals surface area contributed by atoms with Crippen LogP contribution in [0.2, 0.25) is 0 Å². The molecular formula is C20H13FN4. The maximum atomic E-state index is 14.2. The third-order valence-electron chi connectivity index (χ3n) is 4.12. The molecule has 2 aliphatic heterocycles. The van der Waals surface area contributed by atoms with E-state index in [1.54, 1.807) is 6.07 Å². The molecule has 4 nitrogen and oxygen atoms in total. The van der Waals surface area contributed by atoms with E-state index < -0.39 is 0 Å². The number of halogens is 1. The number of hydrogen-bond acceptors (Lipinski definition) is 2. The van der Waals surface area contributed by atoms with E-state index in [1.165, 1.54) is 6.07 Å². The Kier molecular flexibility index (Phi) is 2.94. The number of nitrogens with one attached hydrogen (secondary N) is 2. The Morgan fingerprint density at radius 2 is 1.20 bits per heavy atom. The summed E-state index contributed by atoms with van der Waals surface area (Å²) >= 11 is 0. The van der Waals surface area contributed by atoms with Gasteiger partial charge >= 0.3 is 0 Å². The summed E-state index contributed by atoms with van der Waals surface area (Å²) in [4.78, 5) is 15.4. The number of rotatable bonds is 0. The number of H-pyrrole nitrogens is 2. The van der Waals surface area contributed by atoms with E-state index in [0.29, 0.717) is 16.7 Å². The lowest BCUT2D eigenvalue weighted by Gasteiger charge is -1.86. The predicted octanol–water partition coefficient (Wildman–Crippen LogP) is 4.79. The van der Waals surface area contributed by atoms with E-state index in [4.69, 9.17) is 0 Å². The third kappa shape index (κ3) is 2.65. The molecule has 0 spiro atoms. The maximum absolute atomic E-state index is 14.2. The van der Waals surface area contributed by atoms with Crippen molar-refractivity contribution in [3.05, 3.63) is 71.1 Å². The molecular weight excluding hydrogens is 315 g/mol. The Morgan fingerprint density at radius 3 is 1.92 bits per heavy atom. The average molecular weight is 328 g/mol. The Bertz CT molecular complexity index is 1210. The maximum Gasteiger partial charge on any atom is 0.148 e. The minimum Gasteiger partial charge on any atom is -0.355 e. The molecule has 0 amide bonds. The van der Waals surface area contributed by atoms with Gasteiger partial charge in [-0.15, -0.1) is 0 Å². The number of hydrogen-bond donors (Lipinski definition) is 2. The van der Waals surface area contributed by atoms with Crippen LogP contribution in [0.3, 0.4) is 0 Å². The van der Waals surface area contributed by atoms with Gasteiger partial charge < -0.3 is 9.97 Å². The first-order valence-electron chi connectivity index (χ1n) is 7.95. The van der Waals surface area contributed by atoms with Crippen molar-refractivity contribution in [2.75, 3.05) is 0 Å². The Balaban J connectivity index is 1.87. The summed E-state index contributed by atoms with van der Waals surface area (Å²) in [5, 5.41) is 0. The van der Waals surface area contributed by atoms with Crippen molar-refractivity contribution < 1.29 is 4.39 Å². The molecule has 0 saturated carbocycles. The number of fused-ring (bicyclic) bond motifs is 8. The molecule has 0 unspecified atom stereocenters. The van der Waals surface area contributed by atoms with Gasteiger partial charge in [0.25, 0.3) is 0 Å². The fourth-order valence-electron chi connectivity index (χ4n) is 2.98. The van der Waals surface area contributed by atoms with Crippen LogP contribution in [0.25, 0.3) is 46.4 Å². The van der Waals surface area contributed by atoms with Gasteiger partial charge in [0.2, 0.25) is 0 Å². The van der Waals surface area contributed by atoms with Crippen LogP contribution in [0.5, 0.6) is 0 Å². The largest absolute Gasteiger partial charge is 0.355 e. The van der Waals surface area contributed by atoms with E-state index in [-0.39, 0.29) is 5.82 Å². The molecule has 3 aromatic heterocycles. The molecule has 2 N–H and O–H groups in total. The summed E-state index contributed by atoms with van der Waals surface area (Å²) in [5.41, 5.74) is 6.14. The summed E-state index contributed by atoms with van der Waals surface area (Å²) < 4.78 is 14.2. The summed E-state index contributed by atoms with van der Waals surface area (Å²) in [6.45, 7) is 0. The Labute approximate surface area is 142 Å². The van der Waals surface area contributed by atoms with E-state index in [2.05, 4.69) is 19.9 Å². The van der Waals surface area contributed by atoms with Crippen LogP contribution in [0.4, 0.5) is 4.39 Å². The van der Waals surface area contributed by atoms with Crippen molar-refractivity contribution in [3.8, 4) is 0 Å². The molecule has 0 saturated heterocycles. The van der Waals surface area contributed by atoms with Gasteiger partial charge in [0.05, 0.1) is 28.3 Å². The number of nitrogens with zero attached hydrogens (tertiary/aromatic N) is 2. The second-order valence-electron chi connectivity index (χ2n) is 6.02. The Morgan fingerprint density at radius 1 is 0.600 bits per heavy atom. The summed E-state index contributed by atoms with van der Waals surface area (Å²) in [7, 11) is 0. The summed E-state index contributed by atoms with van der Waals surface area (Å²) in [5.74, 6) is -0.302. The van der Waals surface area contributed by atoms with Crippen LogP contribution >= 0.6 is 0 Å². The normalized spacial score (nSPS) is 12.7. The van der Waals surface area contributed by atoms with Crippen molar-refractivity contribution in [1.82, 2.24) is 19.9 Å². The number of aromatic nitrogens is 4. The zero-order valence-corrected chi connectivity index (χ0v) is 13.1. The molecule has 8 bridgehead atoms. The first-order valence-corrected chi connectivity index (χ1v) is 7.95. The smallest absolute Gasteiger partial charge is 0.148 e.